The number of nitrogens with one attached hydrogen (secondary N) is 1. The quantitative estimate of drug-likeness (QED) is 0.825. The zero-order valence-electron chi connectivity index (χ0n) is 18.4. The first-order valence-corrected chi connectivity index (χ1v) is 10.9. The summed E-state index contributed by atoms with van der Waals surface area (Å²) in [5.41, 5.74) is 1.97. The number of amides is 2. The number of nitrogens with zero attached hydrogens (tertiary/aromatic N) is 3. The maximum absolute atomic E-state index is 12.7. The van der Waals surface area contributed by atoms with Crippen molar-refractivity contribution in [1.29, 1.82) is 0 Å². The Morgan fingerprint density at radius 1 is 1.10 bits per heavy atom. The predicted molar refractivity (Wildman–Crippen MR) is 117 cm³/mol. The van der Waals surface area contributed by atoms with Crippen molar-refractivity contribution in [3.05, 3.63) is 29.8 Å². The third kappa shape index (κ3) is 6.03. The molecule has 1 N–H and O–H groups in total. The van der Waals surface area contributed by atoms with E-state index in [0.29, 0.717) is 18.4 Å². The summed E-state index contributed by atoms with van der Waals surface area (Å²) >= 11 is 0. The molecule has 2 heterocycles. The highest BCUT2D eigenvalue weighted by Crippen LogP contribution is 2.21. The molecule has 2 amide bonds. The lowest BCUT2D eigenvalue weighted by molar-refractivity contribution is -0.136. The van der Waals surface area contributed by atoms with Gasteiger partial charge in [-0.05, 0) is 49.8 Å². The molecule has 0 bridgehead atoms. The van der Waals surface area contributed by atoms with E-state index in [-0.39, 0.29) is 17.9 Å². The summed E-state index contributed by atoms with van der Waals surface area (Å²) in [6, 6.07) is 7.69. The number of aryl methyl sites for hydroxylation is 1. The minimum atomic E-state index is -0.183. The van der Waals surface area contributed by atoms with E-state index >= 15 is 0 Å². The topological polar surface area (TPSA) is 55.9 Å². The first-order chi connectivity index (χ1) is 13.8. The van der Waals surface area contributed by atoms with Gasteiger partial charge in [0.05, 0.1) is 12.6 Å². The molecule has 3 rings (SSSR count). The van der Waals surface area contributed by atoms with Crippen LogP contribution in [0.1, 0.15) is 32.8 Å². The number of anilines is 1. The van der Waals surface area contributed by atoms with E-state index in [1.807, 2.05) is 43.0 Å². The molecule has 1 aromatic rings. The van der Waals surface area contributed by atoms with E-state index in [9.17, 15) is 9.59 Å². The lowest BCUT2D eigenvalue weighted by atomic mass is 9.92. The van der Waals surface area contributed by atoms with E-state index in [2.05, 4.69) is 29.0 Å². The standard InChI is InChI=1S/C23H36N4O2/c1-17-6-5-7-21(13-17)24-23(29)20(4)26-10-8-25(9-11-26)16-22(28)27-14-18(2)12-19(3)15-27/h5-7,13,18-20H,8-12,14-16H2,1-4H3,(H,24,29)/t18-,19-,20-/m0/s1. The molecule has 29 heavy (non-hydrogen) atoms. The minimum absolute atomic E-state index is 0.0245. The van der Waals surface area contributed by atoms with Crippen LogP contribution >= 0.6 is 0 Å². The predicted octanol–water partition coefficient (Wildman–Crippen LogP) is 2.44. The summed E-state index contributed by atoms with van der Waals surface area (Å²) in [6.07, 6.45) is 1.21. The number of piperazine rings is 1. The van der Waals surface area contributed by atoms with Crippen molar-refractivity contribution in [3.63, 3.8) is 0 Å². The molecule has 1 aromatic carbocycles. The normalized spacial score (nSPS) is 24.9. The van der Waals surface area contributed by atoms with E-state index < -0.39 is 0 Å². The summed E-state index contributed by atoms with van der Waals surface area (Å²) in [6.45, 7) is 14.0. The monoisotopic (exact) mass is 400 g/mol. The maximum atomic E-state index is 12.7. The molecule has 6 heteroatoms. The molecule has 160 valence electrons. The molecule has 0 saturated carbocycles. The number of carbonyl (C=O) groups excluding carboxylic acids is 2. The second-order valence-electron chi connectivity index (χ2n) is 9.09. The van der Waals surface area contributed by atoms with Crippen molar-refractivity contribution < 1.29 is 9.59 Å². The minimum Gasteiger partial charge on any atom is -0.341 e. The molecular weight excluding hydrogens is 364 g/mol. The molecule has 0 aliphatic carbocycles. The zero-order chi connectivity index (χ0) is 21.0. The molecule has 0 unspecified atom stereocenters. The third-order valence-corrected chi connectivity index (χ3v) is 6.20. The largest absolute Gasteiger partial charge is 0.341 e. The number of likely N-dealkylation sites (tertiary alicyclic amines) is 1. The van der Waals surface area contributed by atoms with Crippen molar-refractivity contribution in [2.75, 3.05) is 51.1 Å². The second-order valence-corrected chi connectivity index (χ2v) is 9.09. The molecule has 2 aliphatic heterocycles. The van der Waals surface area contributed by atoms with Crippen LogP contribution in [0.25, 0.3) is 0 Å². The van der Waals surface area contributed by atoms with Gasteiger partial charge in [0.25, 0.3) is 0 Å². The van der Waals surface area contributed by atoms with Crippen LogP contribution < -0.4 is 5.32 Å². The van der Waals surface area contributed by atoms with Crippen molar-refractivity contribution in [2.24, 2.45) is 11.8 Å². The fourth-order valence-electron chi connectivity index (χ4n) is 4.60. The summed E-state index contributed by atoms with van der Waals surface area (Å²) < 4.78 is 0. The van der Waals surface area contributed by atoms with Gasteiger partial charge in [-0.25, -0.2) is 0 Å². The van der Waals surface area contributed by atoms with Crippen LogP contribution in [0.3, 0.4) is 0 Å². The third-order valence-electron chi connectivity index (χ3n) is 6.20. The van der Waals surface area contributed by atoms with Crippen LogP contribution in [0.4, 0.5) is 5.69 Å². The molecule has 0 spiro atoms. The van der Waals surface area contributed by atoms with Crippen molar-refractivity contribution >= 4 is 17.5 Å². The van der Waals surface area contributed by atoms with Crippen molar-refractivity contribution in [3.8, 4) is 0 Å². The Kier molecular flexibility index (Phi) is 7.30. The van der Waals surface area contributed by atoms with Gasteiger partial charge in [0.2, 0.25) is 11.8 Å². The van der Waals surface area contributed by atoms with Crippen molar-refractivity contribution in [2.45, 2.75) is 40.2 Å². The first kappa shape index (κ1) is 21.8. The number of benzene rings is 1. The van der Waals surface area contributed by atoms with Crippen LogP contribution in [0, 0.1) is 18.8 Å². The van der Waals surface area contributed by atoms with E-state index in [4.69, 9.17) is 0 Å². The Morgan fingerprint density at radius 3 is 2.38 bits per heavy atom. The summed E-state index contributed by atoms with van der Waals surface area (Å²) in [4.78, 5) is 31.8. The number of rotatable bonds is 5. The molecule has 0 radical (unpaired) electrons. The Balaban J connectivity index is 1.44. The van der Waals surface area contributed by atoms with Gasteiger partial charge in [-0.3, -0.25) is 19.4 Å². The van der Waals surface area contributed by atoms with Gasteiger partial charge in [-0.1, -0.05) is 26.0 Å². The SMILES string of the molecule is Cc1cccc(NC(=O)[C@H](C)N2CCN(CC(=O)N3C[C@@H](C)C[C@H](C)C3)CC2)c1. The lowest BCUT2D eigenvalue weighted by Crippen LogP contribution is -2.55. The summed E-state index contributed by atoms with van der Waals surface area (Å²) in [5.74, 6) is 1.46. The average Bonchev–Trinajstić information content (AvgIpc) is 2.67. The van der Waals surface area contributed by atoms with Gasteiger partial charge in [-0.2, -0.15) is 0 Å². The molecular formula is C23H36N4O2. The Bertz CT molecular complexity index is 705. The fraction of sp³-hybridized carbons (Fsp3) is 0.652. The average molecular weight is 401 g/mol. The molecule has 2 aliphatic rings. The lowest BCUT2D eigenvalue weighted by Gasteiger charge is -2.39. The van der Waals surface area contributed by atoms with Crippen LogP contribution in [-0.4, -0.2) is 78.4 Å². The van der Waals surface area contributed by atoms with E-state index in [1.54, 1.807) is 0 Å². The number of carbonyl (C=O) groups is 2. The highest BCUT2D eigenvalue weighted by Gasteiger charge is 2.29. The van der Waals surface area contributed by atoms with Crippen molar-refractivity contribution in [1.82, 2.24) is 14.7 Å². The smallest absolute Gasteiger partial charge is 0.241 e. The van der Waals surface area contributed by atoms with Gasteiger partial charge in [0.1, 0.15) is 0 Å². The number of hydrogen-bond donors (Lipinski definition) is 1. The van der Waals surface area contributed by atoms with Gasteiger partial charge in [-0.15, -0.1) is 0 Å². The first-order valence-electron chi connectivity index (χ1n) is 10.9. The highest BCUT2D eigenvalue weighted by atomic mass is 16.2. The number of piperidine rings is 1. The Morgan fingerprint density at radius 2 is 1.76 bits per heavy atom. The summed E-state index contributed by atoms with van der Waals surface area (Å²) in [5, 5.41) is 3.02. The molecule has 2 fully saturated rings. The van der Waals surface area contributed by atoms with Gasteiger partial charge in [0.15, 0.2) is 0 Å². The zero-order valence-corrected chi connectivity index (χ0v) is 18.4. The van der Waals surface area contributed by atoms with Gasteiger partial charge < -0.3 is 10.2 Å². The molecule has 6 nitrogen and oxygen atoms in total. The molecule has 0 aromatic heterocycles. The van der Waals surface area contributed by atoms with Crippen LogP contribution in [0.5, 0.6) is 0 Å². The van der Waals surface area contributed by atoms with Gasteiger partial charge in [0, 0.05) is 45.0 Å². The Labute approximate surface area is 175 Å². The van der Waals surface area contributed by atoms with Crippen LogP contribution in [0.2, 0.25) is 0 Å². The summed E-state index contributed by atoms with van der Waals surface area (Å²) in [7, 11) is 0. The van der Waals surface area contributed by atoms with Crippen LogP contribution in [0.15, 0.2) is 24.3 Å². The molecule has 3 atom stereocenters. The van der Waals surface area contributed by atoms with E-state index in [1.165, 1.54) is 6.42 Å². The maximum Gasteiger partial charge on any atom is 0.241 e. The Hall–Kier alpha value is -1.92. The van der Waals surface area contributed by atoms with Gasteiger partial charge >= 0.3 is 0 Å². The van der Waals surface area contributed by atoms with E-state index in [0.717, 1.165) is 50.5 Å². The van der Waals surface area contributed by atoms with Crippen LogP contribution in [-0.2, 0) is 9.59 Å². The fourth-order valence-corrected chi connectivity index (χ4v) is 4.60. The molecule has 2 saturated heterocycles. The second kappa shape index (κ2) is 9.72. The highest BCUT2D eigenvalue weighted by molar-refractivity contribution is 5.94. The number of hydrogen-bond acceptors (Lipinski definition) is 4.